The molecule has 0 amide bonds. The molecule has 0 aliphatic heterocycles. The van der Waals surface area contributed by atoms with Crippen LogP contribution >= 0.6 is 0 Å². The fourth-order valence-corrected chi connectivity index (χ4v) is 1.94. The zero-order chi connectivity index (χ0) is 12.6. The Balaban J connectivity index is 3.13. The lowest BCUT2D eigenvalue weighted by molar-refractivity contribution is 0.0698. The summed E-state index contributed by atoms with van der Waals surface area (Å²) >= 11 is 0. The first-order valence-electron chi connectivity index (χ1n) is 5.05. The molecule has 0 aliphatic rings. The maximum absolute atomic E-state index is 12.0. The van der Waals surface area contributed by atoms with Crippen LogP contribution in [0, 0.1) is 0 Å². The van der Waals surface area contributed by atoms with Gasteiger partial charge in [-0.2, -0.15) is 0 Å². The normalized spacial score (nSPS) is 10.4. The molecule has 2 rings (SSSR count). The summed E-state index contributed by atoms with van der Waals surface area (Å²) in [5.74, 6) is -1.12. The third-order valence-electron chi connectivity index (χ3n) is 2.76. The molecule has 17 heavy (non-hydrogen) atoms. The van der Waals surface area contributed by atoms with Crippen molar-refractivity contribution < 1.29 is 9.90 Å². The summed E-state index contributed by atoms with van der Waals surface area (Å²) in [6.07, 6.45) is 1.29. The second-order valence-electron chi connectivity index (χ2n) is 3.68. The standard InChI is InChI=1S/C13H11NO3/c1-3-8-11(13(16)17)9-6-4-5-7-10(9)14(2)12(8)15/h3-7H,1H2,2H3,(H,16,17). The van der Waals surface area contributed by atoms with E-state index in [0.29, 0.717) is 10.9 Å². The van der Waals surface area contributed by atoms with Crippen molar-refractivity contribution in [2.24, 2.45) is 7.05 Å². The van der Waals surface area contributed by atoms with Gasteiger partial charge >= 0.3 is 5.97 Å². The highest BCUT2D eigenvalue weighted by Crippen LogP contribution is 2.20. The van der Waals surface area contributed by atoms with Crippen molar-refractivity contribution in [2.75, 3.05) is 0 Å². The number of nitrogens with zero attached hydrogens (tertiary/aromatic N) is 1. The van der Waals surface area contributed by atoms with Crippen molar-refractivity contribution in [1.29, 1.82) is 0 Å². The molecule has 1 aromatic heterocycles. The minimum Gasteiger partial charge on any atom is -0.478 e. The van der Waals surface area contributed by atoms with Gasteiger partial charge in [0.05, 0.1) is 16.6 Å². The maximum Gasteiger partial charge on any atom is 0.337 e. The number of aryl methyl sites for hydroxylation is 1. The maximum atomic E-state index is 12.0. The Kier molecular flexibility index (Phi) is 2.55. The number of carbonyl (C=O) groups is 1. The quantitative estimate of drug-likeness (QED) is 0.855. The lowest BCUT2D eigenvalue weighted by atomic mass is 10.0. The summed E-state index contributed by atoms with van der Waals surface area (Å²) in [6.45, 7) is 3.51. The lowest BCUT2D eigenvalue weighted by Crippen LogP contribution is -2.23. The fraction of sp³-hybridized carbons (Fsp3) is 0.0769. The highest BCUT2D eigenvalue weighted by atomic mass is 16.4. The van der Waals surface area contributed by atoms with E-state index in [1.807, 2.05) is 0 Å². The Morgan fingerprint density at radius 3 is 2.65 bits per heavy atom. The van der Waals surface area contributed by atoms with Gasteiger partial charge in [0.25, 0.3) is 5.56 Å². The first-order chi connectivity index (χ1) is 8.07. The average molecular weight is 229 g/mol. The van der Waals surface area contributed by atoms with Gasteiger partial charge in [-0.05, 0) is 6.07 Å². The molecule has 1 aromatic carbocycles. The number of aromatic nitrogens is 1. The van der Waals surface area contributed by atoms with Crippen LogP contribution in [0.1, 0.15) is 15.9 Å². The van der Waals surface area contributed by atoms with Gasteiger partial charge in [0.2, 0.25) is 0 Å². The van der Waals surface area contributed by atoms with Crippen LogP contribution in [0.2, 0.25) is 0 Å². The first-order valence-corrected chi connectivity index (χ1v) is 5.05. The first kappa shape index (κ1) is 11.1. The number of fused-ring (bicyclic) bond motifs is 1. The van der Waals surface area contributed by atoms with Gasteiger partial charge in [-0.1, -0.05) is 30.9 Å². The Labute approximate surface area is 97.4 Å². The van der Waals surface area contributed by atoms with Crippen LogP contribution in [0.15, 0.2) is 35.6 Å². The van der Waals surface area contributed by atoms with Gasteiger partial charge in [-0.3, -0.25) is 4.79 Å². The fourth-order valence-electron chi connectivity index (χ4n) is 1.94. The molecule has 4 heteroatoms. The molecule has 0 bridgehead atoms. The summed E-state index contributed by atoms with van der Waals surface area (Å²) in [4.78, 5) is 23.2. The van der Waals surface area contributed by atoms with Crippen LogP contribution in [0.3, 0.4) is 0 Å². The Bertz CT molecular complexity index is 683. The molecule has 0 aliphatic carbocycles. The topological polar surface area (TPSA) is 59.3 Å². The van der Waals surface area contributed by atoms with E-state index in [4.69, 9.17) is 0 Å². The number of rotatable bonds is 2. The van der Waals surface area contributed by atoms with Crippen molar-refractivity contribution in [3.05, 3.63) is 52.3 Å². The summed E-state index contributed by atoms with van der Waals surface area (Å²) in [6, 6.07) is 6.91. The van der Waals surface area contributed by atoms with Crippen molar-refractivity contribution in [1.82, 2.24) is 4.57 Å². The molecule has 1 heterocycles. The van der Waals surface area contributed by atoms with E-state index >= 15 is 0 Å². The molecule has 4 nitrogen and oxygen atoms in total. The van der Waals surface area contributed by atoms with E-state index in [9.17, 15) is 14.7 Å². The van der Waals surface area contributed by atoms with Gasteiger partial charge in [-0.15, -0.1) is 0 Å². The summed E-state index contributed by atoms with van der Waals surface area (Å²) < 4.78 is 1.43. The molecule has 0 radical (unpaired) electrons. The zero-order valence-electron chi connectivity index (χ0n) is 9.30. The minimum absolute atomic E-state index is 0.0127. The van der Waals surface area contributed by atoms with E-state index in [2.05, 4.69) is 6.58 Å². The van der Waals surface area contributed by atoms with E-state index in [-0.39, 0.29) is 16.7 Å². The van der Waals surface area contributed by atoms with E-state index in [0.717, 1.165) is 0 Å². The summed E-state index contributed by atoms with van der Waals surface area (Å²) in [5, 5.41) is 9.75. The lowest BCUT2D eigenvalue weighted by Gasteiger charge is -2.10. The average Bonchev–Trinajstić information content (AvgIpc) is 2.33. The number of benzene rings is 1. The molecular weight excluding hydrogens is 218 g/mol. The van der Waals surface area contributed by atoms with Crippen LogP contribution in [-0.2, 0) is 7.05 Å². The smallest absolute Gasteiger partial charge is 0.337 e. The van der Waals surface area contributed by atoms with Gasteiger partial charge < -0.3 is 9.67 Å². The monoisotopic (exact) mass is 229 g/mol. The molecule has 0 saturated heterocycles. The third kappa shape index (κ3) is 1.54. The number of hydrogen-bond donors (Lipinski definition) is 1. The number of carboxylic acid groups (broad SMARTS) is 1. The van der Waals surface area contributed by atoms with Crippen molar-refractivity contribution >= 4 is 22.9 Å². The Morgan fingerprint density at radius 2 is 2.06 bits per heavy atom. The van der Waals surface area contributed by atoms with Crippen molar-refractivity contribution in [2.45, 2.75) is 0 Å². The van der Waals surface area contributed by atoms with E-state index in [1.165, 1.54) is 10.6 Å². The Morgan fingerprint density at radius 1 is 1.41 bits per heavy atom. The summed E-state index contributed by atoms with van der Waals surface area (Å²) in [7, 11) is 1.61. The predicted molar refractivity (Wildman–Crippen MR) is 66.2 cm³/mol. The molecule has 2 aromatic rings. The SMILES string of the molecule is C=Cc1c(C(=O)O)c2ccccc2n(C)c1=O. The molecule has 1 N–H and O–H groups in total. The Hall–Kier alpha value is -2.36. The number of carboxylic acids is 1. The van der Waals surface area contributed by atoms with Crippen LogP contribution in [0.25, 0.3) is 17.0 Å². The molecule has 0 atom stereocenters. The molecular formula is C13H11NO3. The van der Waals surface area contributed by atoms with Gasteiger partial charge in [0.1, 0.15) is 0 Å². The van der Waals surface area contributed by atoms with Gasteiger partial charge in [-0.25, -0.2) is 4.79 Å². The molecule has 0 unspecified atom stereocenters. The molecule has 0 fully saturated rings. The van der Waals surface area contributed by atoms with Crippen LogP contribution in [-0.4, -0.2) is 15.6 Å². The number of hydrogen-bond acceptors (Lipinski definition) is 2. The second-order valence-corrected chi connectivity index (χ2v) is 3.68. The largest absolute Gasteiger partial charge is 0.478 e. The van der Waals surface area contributed by atoms with Crippen LogP contribution < -0.4 is 5.56 Å². The van der Waals surface area contributed by atoms with E-state index < -0.39 is 5.97 Å². The zero-order valence-corrected chi connectivity index (χ0v) is 9.30. The van der Waals surface area contributed by atoms with Gasteiger partial charge in [0.15, 0.2) is 0 Å². The predicted octanol–water partition coefficient (Wildman–Crippen LogP) is 1.88. The van der Waals surface area contributed by atoms with Crippen LogP contribution in [0.4, 0.5) is 0 Å². The minimum atomic E-state index is -1.12. The van der Waals surface area contributed by atoms with Gasteiger partial charge in [0, 0.05) is 12.4 Å². The number of aromatic carboxylic acids is 1. The van der Waals surface area contributed by atoms with Crippen LogP contribution in [0.5, 0.6) is 0 Å². The van der Waals surface area contributed by atoms with E-state index in [1.54, 1.807) is 31.3 Å². The third-order valence-corrected chi connectivity index (χ3v) is 2.76. The molecule has 0 spiro atoms. The number of para-hydroxylation sites is 1. The number of pyridine rings is 1. The molecule has 0 saturated carbocycles. The van der Waals surface area contributed by atoms with Crippen molar-refractivity contribution in [3.8, 4) is 0 Å². The molecule has 86 valence electrons. The highest BCUT2D eigenvalue weighted by Gasteiger charge is 2.17. The highest BCUT2D eigenvalue weighted by molar-refractivity contribution is 6.05. The second kappa shape index (κ2) is 3.90. The summed E-state index contributed by atoms with van der Waals surface area (Å²) in [5.41, 5.74) is 0.383. The van der Waals surface area contributed by atoms with Crippen molar-refractivity contribution in [3.63, 3.8) is 0 Å².